The molecule has 0 aliphatic carbocycles. The van der Waals surface area contributed by atoms with Crippen LogP contribution < -0.4 is 10.1 Å². The van der Waals surface area contributed by atoms with Gasteiger partial charge in [-0.15, -0.1) is 0 Å². The number of benzene rings is 1. The fraction of sp³-hybridized carbons (Fsp3) is 0.231. The van der Waals surface area contributed by atoms with Crippen LogP contribution in [0.3, 0.4) is 0 Å². The van der Waals surface area contributed by atoms with Gasteiger partial charge in [0.25, 0.3) is 5.69 Å². The molecule has 1 N–H and O–H groups in total. The van der Waals surface area contributed by atoms with Gasteiger partial charge in [0, 0.05) is 31.7 Å². The van der Waals surface area contributed by atoms with Gasteiger partial charge in [-0.1, -0.05) is 18.5 Å². The van der Waals surface area contributed by atoms with Gasteiger partial charge in [-0.2, -0.15) is 4.98 Å². The Labute approximate surface area is 126 Å². The number of ether oxygens (including phenoxy) is 1. The van der Waals surface area contributed by atoms with Crippen LogP contribution in [0, 0.1) is 10.1 Å². The minimum absolute atomic E-state index is 0.0103. The van der Waals surface area contributed by atoms with E-state index in [2.05, 4.69) is 15.3 Å². The molecule has 1 heterocycles. The normalized spacial score (nSPS) is 10.2. The topological polar surface area (TPSA) is 90.2 Å². The summed E-state index contributed by atoms with van der Waals surface area (Å²) in [6, 6.07) is 5.77. The van der Waals surface area contributed by atoms with Crippen molar-refractivity contribution in [3.05, 3.63) is 45.2 Å². The number of nitrogens with one attached hydrogen (secondary N) is 1. The molecule has 110 valence electrons. The minimum Gasteiger partial charge on any atom is -0.439 e. The molecule has 2 aromatic rings. The Morgan fingerprint density at radius 2 is 2.14 bits per heavy atom. The fourth-order valence-electron chi connectivity index (χ4n) is 1.63. The Hall–Kier alpha value is -2.41. The number of aromatic nitrogens is 2. The van der Waals surface area contributed by atoms with Gasteiger partial charge in [0.2, 0.25) is 5.88 Å². The quantitative estimate of drug-likeness (QED) is 0.672. The maximum absolute atomic E-state index is 10.7. The highest BCUT2D eigenvalue weighted by Crippen LogP contribution is 2.30. The second kappa shape index (κ2) is 6.36. The van der Waals surface area contributed by atoms with Crippen LogP contribution in [-0.4, -0.2) is 21.9 Å². The molecular weight excluding hydrogens is 296 g/mol. The van der Waals surface area contributed by atoms with Crippen LogP contribution in [0.1, 0.15) is 12.7 Å². The van der Waals surface area contributed by atoms with E-state index >= 15 is 0 Å². The Kier molecular flexibility index (Phi) is 4.54. The van der Waals surface area contributed by atoms with Crippen molar-refractivity contribution < 1.29 is 9.66 Å². The number of rotatable bonds is 5. The SMILES string of the molecule is CCc1nc(NC)cc(Oc2ccc([N+](=O)[O-])c(Cl)c2)n1. The van der Waals surface area contributed by atoms with Crippen molar-refractivity contribution in [2.24, 2.45) is 0 Å². The van der Waals surface area contributed by atoms with E-state index in [0.717, 1.165) is 0 Å². The van der Waals surface area contributed by atoms with E-state index in [1.165, 1.54) is 18.2 Å². The van der Waals surface area contributed by atoms with Crippen molar-refractivity contribution in [3.63, 3.8) is 0 Å². The molecular formula is C13H13ClN4O3. The van der Waals surface area contributed by atoms with Crippen LogP contribution in [0.15, 0.2) is 24.3 Å². The van der Waals surface area contributed by atoms with Crippen molar-refractivity contribution in [2.75, 3.05) is 12.4 Å². The lowest BCUT2D eigenvalue weighted by Crippen LogP contribution is -2.01. The number of halogens is 1. The molecule has 0 saturated heterocycles. The fourth-order valence-corrected chi connectivity index (χ4v) is 1.87. The Morgan fingerprint density at radius 1 is 1.38 bits per heavy atom. The number of anilines is 1. The molecule has 0 saturated carbocycles. The highest BCUT2D eigenvalue weighted by molar-refractivity contribution is 6.32. The first-order valence-electron chi connectivity index (χ1n) is 6.21. The Balaban J connectivity index is 2.29. The predicted molar refractivity (Wildman–Crippen MR) is 79.1 cm³/mol. The van der Waals surface area contributed by atoms with E-state index in [9.17, 15) is 10.1 Å². The van der Waals surface area contributed by atoms with Gasteiger partial charge in [-0.3, -0.25) is 10.1 Å². The van der Waals surface area contributed by atoms with Gasteiger partial charge in [0.15, 0.2) is 0 Å². The average molecular weight is 309 g/mol. The maximum atomic E-state index is 10.7. The summed E-state index contributed by atoms with van der Waals surface area (Å²) < 4.78 is 5.58. The van der Waals surface area contributed by atoms with Crippen LogP contribution in [0.5, 0.6) is 11.6 Å². The highest BCUT2D eigenvalue weighted by atomic mass is 35.5. The predicted octanol–water partition coefficient (Wildman–Crippen LogP) is 3.43. The number of nitro benzene ring substituents is 1. The summed E-state index contributed by atoms with van der Waals surface area (Å²) in [6.45, 7) is 1.93. The van der Waals surface area contributed by atoms with Crippen molar-refractivity contribution in [3.8, 4) is 11.6 Å². The third-order valence-electron chi connectivity index (χ3n) is 2.66. The first kappa shape index (κ1) is 15.0. The first-order valence-corrected chi connectivity index (χ1v) is 6.58. The minimum atomic E-state index is -0.550. The van der Waals surface area contributed by atoms with Gasteiger partial charge in [0.05, 0.1) is 4.92 Å². The van der Waals surface area contributed by atoms with E-state index in [1.54, 1.807) is 13.1 Å². The van der Waals surface area contributed by atoms with E-state index in [0.29, 0.717) is 29.7 Å². The van der Waals surface area contributed by atoms with Crippen LogP contribution in [0.4, 0.5) is 11.5 Å². The van der Waals surface area contributed by atoms with Crippen molar-refractivity contribution in [1.29, 1.82) is 0 Å². The van der Waals surface area contributed by atoms with Gasteiger partial charge < -0.3 is 10.1 Å². The molecule has 0 unspecified atom stereocenters. The maximum Gasteiger partial charge on any atom is 0.288 e. The lowest BCUT2D eigenvalue weighted by atomic mass is 10.3. The van der Waals surface area contributed by atoms with Crippen LogP contribution in [-0.2, 0) is 6.42 Å². The third kappa shape index (κ3) is 3.57. The van der Waals surface area contributed by atoms with Crippen molar-refractivity contribution in [2.45, 2.75) is 13.3 Å². The summed E-state index contributed by atoms with van der Waals surface area (Å²) in [4.78, 5) is 18.6. The van der Waals surface area contributed by atoms with Gasteiger partial charge in [-0.25, -0.2) is 4.98 Å². The molecule has 0 radical (unpaired) electrons. The molecule has 0 amide bonds. The summed E-state index contributed by atoms with van der Waals surface area (Å²) >= 11 is 5.84. The summed E-state index contributed by atoms with van der Waals surface area (Å²) in [6.07, 6.45) is 0.660. The lowest BCUT2D eigenvalue weighted by molar-refractivity contribution is -0.384. The van der Waals surface area contributed by atoms with Gasteiger partial charge >= 0.3 is 0 Å². The summed E-state index contributed by atoms with van der Waals surface area (Å²) in [5, 5.41) is 13.6. The molecule has 8 heteroatoms. The molecule has 1 aromatic carbocycles. The van der Waals surface area contributed by atoms with E-state index in [-0.39, 0.29) is 10.7 Å². The Bertz CT molecular complexity index is 656. The number of hydrogen-bond donors (Lipinski definition) is 1. The third-order valence-corrected chi connectivity index (χ3v) is 2.96. The zero-order chi connectivity index (χ0) is 15.4. The summed E-state index contributed by atoms with van der Waals surface area (Å²) in [5.41, 5.74) is -0.170. The van der Waals surface area contributed by atoms with Crippen LogP contribution in [0.2, 0.25) is 5.02 Å². The monoisotopic (exact) mass is 308 g/mol. The number of nitro groups is 1. The van der Waals surface area contributed by atoms with E-state index in [1.807, 2.05) is 6.92 Å². The van der Waals surface area contributed by atoms with Gasteiger partial charge in [-0.05, 0) is 6.07 Å². The molecule has 7 nitrogen and oxygen atoms in total. The lowest BCUT2D eigenvalue weighted by Gasteiger charge is -2.08. The van der Waals surface area contributed by atoms with Crippen LogP contribution in [0.25, 0.3) is 0 Å². The Morgan fingerprint density at radius 3 is 2.71 bits per heavy atom. The number of hydrogen-bond acceptors (Lipinski definition) is 6. The smallest absolute Gasteiger partial charge is 0.288 e. The first-order chi connectivity index (χ1) is 10.0. The van der Waals surface area contributed by atoms with Crippen molar-refractivity contribution >= 4 is 23.1 Å². The second-order valence-corrected chi connectivity index (χ2v) is 4.49. The molecule has 0 aliphatic rings. The zero-order valence-corrected chi connectivity index (χ0v) is 12.2. The molecule has 21 heavy (non-hydrogen) atoms. The number of nitrogens with zero attached hydrogens (tertiary/aromatic N) is 3. The average Bonchev–Trinajstić information content (AvgIpc) is 2.46. The molecule has 2 rings (SSSR count). The van der Waals surface area contributed by atoms with E-state index < -0.39 is 4.92 Å². The molecule has 0 bridgehead atoms. The molecule has 0 aliphatic heterocycles. The van der Waals surface area contributed by atoms with E-state index in [4.69, 9.17) is 16.3 Å². The summed E-state index contributed by atoms with van der Waals surface area (Å²) in [5.74, 6) is 1.97. The molecule has 0 spiro atoms. The summed E-state index contributed by atoms with van der Waals surface area (Å²) in [7, 11) is 1.74. The number of aryl methyl sites for hydroxylation is 1. The molecule has 0 atom stereocenters. The zero-order valence-electron chi connectivity index (χ0n) is 11.5. The van der Waals surface area contributed by atoms with Crippen LogP contribution >= 0.6 is 11.6 Å². The highest BCUT2D eigenvalue weighted by Gasteiger charge is 2.13. The van der Waals surface area contributed by atoms with Gasteiger partial charge in [0.1, 0.15) is 22.4 Å². The van der Waals surface area contributed by atoms with Crippen molar-refractivity contribution in [1.82, 2.24) is 9.97 Å². The largest absolute Gasteiger partial charge is 0.439 e. The molecule has 0 fully saturated rings. The molecule has 1 aromatic heterocycles. The second-order valence-electron chi connectivity index (χ2n) is 4.08. The standard InChI is InChI=1S/C13H13ClN4O3/c1-3-11-16-12(15-2)7-13(17-11)21-8-4-5-10(18(19)20)9(14)6-8/h4-7H,3H2,1-2H3,(H,15,16,17).